The van der Waals surface area contributed by atoms with E-state index in [2.05, 4.69) is 0 Å². The normalized spacial score (nSPS) is 14.2. The first kappa shape index (κ1) is 10.4. The van der Waals surface area contributed by atoms with Crippen molar-refractivity contribution in [1.29, 1.82) is 0 Å². The lowest BCUT2D eigenvalue weighted by Crippen LogP contribution is -2.31. The van der Waals surface area contributed by atoms with E-state index in [0.717, 1.165) is 4.88 Å². The Hall–Kier alpha value is -0.670. The Labute approximate surface area is 82.8 Å². The number of rotatable bonds is 2. The molecular formula is C10H15NOS. The highest BCUT2D eigenvalue weighted by molar-refractivity contribution is 7.10. The SMILES string of the molecule is CC(C)(C)C(=O)C(N)c1cccs1. The molecule has 0 radical (unpaired) electrons. The molecule has 0 spiro atoms. The Bertz CT molecular complexity index is 284. The topological polar surface area (TPSA) is 43.1 Å². The van der Waals surface area contributed by atoms with E-state index in [1.807, 2.05) is 38.3 Å². The Morgan fingerprint density at radius 1 is 1.54 bits per heavy atom. The average molecular weight is 197 g/mol. The number of thiophene rings is 1. The molecule has 1 atom stereocenters. The van der Waals surface area contributed by atoms with Crippen LogP contribution in [0.2, 0.25) is 0 Å². The fourth-order valence-electron chi connectivity index (χ4n) is 1.06. The number of hydrogen-bond acceptors (Lipinski definition) is 3. The minimum atomic E-state index is -0.458. The van der Waals surface area contributed by atoms with E-state index < -0.39 is 6.04 Å². The van der Waals surface area contributed by atoms with Crippen molar-refractivity contribution >= 4 is 17.1 Å². The second kappa shape index (κ2) is 3.60. The van der Waals surface area contributed by atoms with Crippen molar-refractivity contribution in [3.05, 3.63) is 22.4 Å². The lowest BCUT2D eigenvalue weighted by Gasteiger charge is -2.20. The molecule has 1 aromatic rings. The van der Waals surface area contributed by atoms with Crippen molar-refractivity contribution < 1.29 is 4.79 Å². The fourth-order valence-corrected chi connectivity index (χ4v) is 1.79. The van der Waals surface area contributed by atoms with E-state index >= 15 is 0 Å². The monoisotopic (exact) mass is 197 g/mol. The lowest BCUT2D eigenvalue weighted by atomic mass is 9.86. The fraction of sp³-hybridized carbons (Fsp3) is 0.500. The van der Waals surface area contributed by atoms with Crippen molar-refractivity contribution in [1.82, 2.24) is 0 Å². The van der Waals surface area contributed by atoms with Crippen LogP contribution in [-0.4, -0.2) is 5.78 Å². The third kappa shape index (κ3) is 2.39. The van der Waals surface area contributed by atoms with Crippen LogP contribution in [-0.2, 0) is 4.79 Å². The van der Waals surface area contributed by atoms with Crippen molar-refractivity contribution in [2.75, 3.05) is 0 Å². The summed E-state index contributed by atoms with van der Waals surface area (Å²) in [7, 11) is 0. The molecule has 0 aliphatic rings. The number of nitrogens with two attached hydrogens (primary N) is 1. The van der Waals surface area contributed by atoms with E-state index in [9.17, 15) is 4.79 Å². The van der Waals surface area contributed by atoms with E-state index in [1.165, 1.54) is 11.3 Å². The van der Waals surface area contributed by atoms with Gasteiger partial charge in [-0.05, 0) is 11.4 Å². The highest BCUT2D eigenvalue weighted by Gasteiger charge is 2.28. The molecule has 2 nitrogen and oxygen atoms in total. The highest BCUT2D eigenvalue weighted by atomic mass is 32.1. The zero-order valence-corrected chi connectivity index (χ0v) is 9.02. The zero-order chi connectivity index (χ0) is 10.1. The molecule has 2 N–H and O–H groups in total. The molecular weight excluding hydrogens is 182 g/mol. The largest absolute Gasteiger partial charge is 0.317 e. The number of ketones is 1. The van der Waals surface area contributed by atoms with Gasteiger partial charge >= 0.3 is 0 Å². The number of Topliss-reactive ketones (excluding diaryl/α,β-unsaturated/α-hetero) is 1. The molecule has 72 valence electrons. The molecule has 0 aliphatic carbocycles. The maximum Gasteiger partial charge on any atom is 0.160 e. The first-order chi connectivity index (χ1) is 5.93. The maximum absolute atomic E-state index is 11.7. The summed E-state index contributed by atoms with van der Waals surface area (Å²) in [4.78, 5) is 12.7. The van der Waals surface area contributed by atoms with Gasteiger partial charge in [0.25, 0.3) is 0 Å². The summed E-state index contributed by atoms with van der Waals surface area (Å²) >= 11 is 1.53. The summed E-state index contributed by atoms with van der Waals surface area (Å²) in [5.74, 6) is 0.0925. The average Bonchev–Trinajstić information content (AvgIpc) is 2.51. The second-order valence-electron chi connectivity index (χ2n) is 4.11. The van der Waals surface area contributed by atoms with Crippen LogP contribution in [0.1, 0.15) is 31.7 Å². The Morgan fingerprint density at radius 3 is 2.54 bits per heavy atom. The Kier molecular flexibility index (Phi) is 2.88. The van der Waals surface area contributed by atoms with Crippen LogP contribution in [0.25, 0.3) is 0 Å². The van der Waals surface area contributed by atoms with Crippen LogP contribution in [0.4, 0.5) is 0 Å². The van der Waals surface area contributed by atoms with E-state index in [1.54, 1.807) is 0 Å². The summed E-state index contributed by atoms with van der Waals surface area (Å²) in [6, 6.07) is 3.36. The quantitative estimate of drug-likeness (QED) is 0.791. The van der Waals surface area contributed by atoms with Crippen LogP contribution in [0.3, 0.4) is 0 Å². The molecule has 1 rings (SSSR count). The minimum Gasteiger partial charge on any atom is -0.317 e. The Morgan fingerprint density at radius 2 is 2.15 bits per heavy atom. The molecule has 1 aromatic heterocycles. The molecule has 0 aliphatic heterocycles. The minimum absolute atomic E-state index is 0.0925. The predicted octanol–water partition coefficient (Wildman–Crippen LogP) is 2.36. The van der Waals surface area contributed by atoms with Crippen molar-refractivity contribution in [2.45, 2.75) is 26.8 Å². The van der Waals surface area contributed by atoms with Gasteiger partial charge < -0.3 is 5.73 Å². The standard InChI is InChI=1S/C10H15NOS/c1-10(2,3)9(12)8(11)7-5-4-6-13-7/h4-6,8H,11H2,1-3H3. The highest BCUT2D eigenvalue weighted by Crippen LogP contribution is 2.26. The van der Waals surface area contributed by atoms with E-state index in [4.69, 9.17) is 5.73 Å². The molecule has 0 saturated heterocycles. The van der Waals surface area contributed by atoms with Gasteiger partial charge in [0.05, 0.1) is 6.04 Å². The number of carbonyl (C=O) groups excluding carboxylic acids is 1. The molecule has 0 saturated carbocycles. The third-order valence-electron chi connectivity index (χ3n) is 1.87. The van der Waals surface area contributed by atoms with E-state index in [-0.39, 0.29) is 11.2 Å². The van der Waals surface area contributed by atoms with Crippen LogP contribution < -0.4 is 5.73 Å². The van der Waals surface area contributed by atoms with Crippen LogP contribution in [0.15, 0.2) is 17.5 Å². The van der Waals surface area contributed by atoms with Crippen molar-refractivity contribution in [3.8, 4) is 0 Å². The zero-order valence-electron chi connectivity index (χ0n) is 8.20. The smallest absolute Gasteiger partial charge is 0.160 e. The number of carbonyl (C=O) groups is 1. The van der Waals surface area contributed by atoms with Gasteiger partial charge in [0.15, 0.2) is 5.78 Å². The van der Waals surface area contributed by atoms with Crippen LogP contribution >= 0.6 is 11.3 Å². The molecule has 0 aromatic carbocycles. The first-order valence-corrected chi connectivity index (χ1v) is 5.14. The van der Waals surface area contributed by atoms with Gasteiger partial charge in [-0.25, -0.2) is 0 Å². The maximum atomic E-state index is 11.7. The number of hydrogen-bond donors (Lipinski definition) is 1. The van der Waals surface area contributed by atoms with Crippen LogP contribution in [0.5, 0.6) is 0 Å². The molecule has 0 fully saturated rings. The summed E-state index contributed by atoms with van der Waals surface area (Å²) in [5, 5.41) is 1.94. The van der Waals surface area contributed by atoms with Gasteiger partial charge in [-0.3, -0.25) is 4.79 Å². The summed E-state index contributed by atoms with van der Waals surface area (Å²) in [6.45, 7) is 5.68. The summed E-state index contributed by atoms with van der Waals surface area (Å²) in [5.41, 5.74) is 5.47. The second-order valence-corrected chi connectivity index (χ2v) is 5.09. The van der Waals surface area contributed by atoms with Gasteiger partial charge in [0, 0.05) is 10.3 Å². The van der Waals surface area contributed by atoms with Gasteiger partial charge in [0.1, 0.15) is 0 Å². The third-order valence-corrected chi connectivity index (χ3v) is 2.83. The van der Waals surface area contributed by atoms with Crippen molar-refractivity contribution in [3.63, 3.8) is 0 Å². The molecule has 0 amide bonds. The lowest BCUT2D eigenvalue weighted by molar-refractivity contribution is -0.127. The molecule has 0 bridgehead atoms. The van der Waals surface area contributed by atoms with Gasteiger partial charge in [-0.15, -0.1) is 11.3 Å². The molecule has 1 heterocycles. The molecule has 3 heteroatoms. The first-order valence-electron chi connectivity index (χ1n) is 4.26. The Balaban J connectivity index is 2.81. The molecule has 13 heavy (non-hydrogen) atoms. The predicted molar refractivity (Wildman–Crippen MR) is 55.7 cm³/mol. The van der Waals surface area contributed by atoms with Crippen molar-refractivity contribution in [2.24, 2.45) is 11.1 Å². The molecule has 1 unspecified atom stereocenters. The van der Waals surface area contributed by atoms with Gasteiger partial charge in [-0.2, -0.15) is 0 Å². The van der Waals surface area contributed by atoms with Crippen LogP contribution in [0, 0.1) is 5.41 Å². The summed E-state index contributed by atoms with van der Waals surface area (Å²) in [6.07, 6.45) is 0. The van der Waals surface area contributed by atoms with Gasteiger partial charge in [-0.1, -0.05) is 26.8 Å². The van der Waals surface area contributed by atoms with Gasteiger partial charge in [0.2, 0.25) is 0 Å². The summed E-state index contributed by atoms with van der Waals surface area (Å²) < 4.78 is 0. The van der Waals surface area contributed by atoms with E-state index in [0.29, 0.717) is 0 Å².